The predicted molar refractivity (Wildman–Crippen MR) is 198 cm³/mol. The number of halogens is 2. The smallest absolute Gasteiger partial charge is 0.257 e. The van der Waals surface area contributed by atoms with Gasteiger partial charge in [0.15, 0.2) is 0 Å². The molecule has 51 heavy (non-hydrogen) atoms. The highest BCUT2D eigenvalue weighted by molar-refractivity contribution is 6.42. The lowest BCUT2D eigenvalue weighted by Gasteiger charge is -2.33. The van der Waals surface area contributed by atoms with E-state index >= 15 is 0 Å². The van der Waals surface area contributed by atoms with Gasteiger partial charge in [-0.15, -0.1) is 5.10 Å². The number of rotatable bonds is 12. The van der Waals surface area contributed by atoms with E-state index in [-0.39, 0.29) is 11.3 Å². The molecule has 2 fully saturated rings. The molecule has 4 heterocycles. The van der Waals surface area contributed by atoms with E-state index in [9.17, 15) is 4.79 Å². The summed E-state index contributed by atoms with van der Waals surface area (Å²) in [7, 11) is 1.58. The Balaban J connectivity index is 1.09. The number of amides is 1. The first kappa shape index (κ1) is 35.2. The second-order valence-corrected chi connectivity index (χ2v) is 14.0. The number of benzene rings is 3. The molecule has 2 aliphatic rings. The van der Waals surface area contributed by atoms with Crippen LogP contribution >= 0.6 is 23.2 Å². The first-order valence-corrected chi connectivity index (χ1v) is 18.3. The standard InChI is InChI=1S/C37H43Cl2N9O3/c1-3-51-22-21-47-33-8-5-4-7-32(33)41-36(47)45-16-6-15-44(19-20-45)17-13-37(27-9-11-30(38)31(39)23-27)14-18-46(25-37)35(49)29-24-28(10-12-34(29)50-2)48-26-40-42-43-48/h4-5,7-12,23-24,26H,3,6,13-22,25H2,1-2H3/t37-/m1/s1. The number of fused-ring (bicyclic) bond motifs is 1. The fraction of sp³-hybridized carbons (Fsp3) is 0.432. The summed E-state index contributed by atoms with van der Waals surface area (Å²) >= 11 is 13.0. The zero-order chi connectivity index (χ0) is 35.4. The Morgan fingerprint density at radius 1 is 0.961 bits per heavy atom. The summed E-state index contributed by atoms with van der Waals surface area (Å²) in [6, 6.07) is 19.6. The zero-order valence-corrected chi connectivity index (χ0v) is 30.6. The van der Waals surface area contributed by atoms with Crippen molar-refractivity contribution < 1.29 is 14.3 Å². The zero-order valence-electron chi connectivity index (χ0n) is 29.0. The molecule has 3 aromatic carbocycles. The molecule has 0 radical (unpaired) electrons. The highest BCUT2D eigenvalue weighted by Gasteiger charge is 2.42. The van der Waals surface area contributed by atoms with Gasteiger partial charge in [-0.1, -0.05) is 41.4 Å². The second-order valence-electron chi connectivity index (χ2n) is 13.2. The van der Waals surface area contributed by atoms with Crippen molar-refractivity contribution in [1.82, 2.24) is 39.6 Å². The van der Waals surface area contributed by atoms with Crippen LogP contribution < -0.4 is 9.64 Å². The van der Waals surface area contributed by atoms with Crippen LogP contribution in [0.4, 0.5) is 5.95 Å². The number of ether oxygens (including phenoxy) is 2. The fourth-order valence-electron chi connectivity index (χ4n) is 7.50. The number of carbonyl (C=O) groups is 1. The van der Waals surface area contributed by atoms with Crippen LogP contribution in [0.15, 0.2) is 67.0 Å². The maximum absolute atomic E-state index is 14.2. The Hall–Kier alpha value is -4.23. The Kier molecular flexibility index (Phi) is 10.7. The van der Waals surface area contributed by atoms with Gasteiger partial charge in [-0.05, 0) is 97.7 Å². The third-order valence-corrected chi connectivity index (χ3v) is 11.0. The van der Waals surface area contributed by atoms with E-state index in [0.717, 1.165) is 81.1 Å². The molecule has 0 spiro atoms. The molecular weight excluding hydrogens is 689 g/mol. The van der Waals surface area contributed by atoms with Crippen molar-refractivity contribution in [3.63, 3.8) is 0 Å². The van der Waals surface area contributed by atoms with Gasteiger partial charge in [0.1, 0.15) is 12.1 Å². The minimum absolute atomic E-state index is 0.0960. The number of hydrogen-bond acceptors (Lipinski definition) is 9. The number of nitrogens with zero attached hydrogens (tertiary/aromatic N) is 9. The molecule has 2 aliphatic heterocycles. The van der Waals surface area contributed by atoms with Crippen molar-refractivity contribution in [2.45, 2.75) is 38.1 Å². The fourth-order valence-corrected chi connectivity index (χ4v) is 7.80. The van der Waals surface area contributed by atoms with Crippen LogP contribution in [0.3, 0.4) is 0 Å². The molecule has 14 heteroatoms. The lowest BCUT2D eigenvalue weighted by atomic mass is 9.76. The van der Waals surface area contributed by atoms with E-state index in [1.54, 1.807) is 19.2 Å². The van der Waals surface area contributed by atoms with Gasteiger partial charge >= 0.3 is 0 Å². The van der Waals surface area contributed by atoms with Gasteiger partial charge < -0.3 is 28.7 Å². The molecule has 0 aliphatic carbocycles. The largest absolute Gasteiger partial charge is 0.496 e. The first-order chi connectivity index (χ1) is 24.9. The van der Waals surface area contributed by atoms with Gasteiger partial charge in [0, 0.05) is 51.3 Å². The van der Waals surface area contributed by atoms with Crippen molar-refractivity contribution in [3.05, 3.63) is 88.2 Å². The number of imidazole rings is 1. The minimum Gasteiger partial charge on any atom is -0.496 e. The minimum atomic E-state index is -0.302. The Labute approximate surface area is 307 Å². The van der Waals surface area contributed by atoms with Crippen molar-refractivity contribution >= 4 is 46.1 Å². The molecule has 0 N–H and O–H groups in total. The summed E-state index contributed by atoms with van der Waals surface area (Å²) in [6.07, 6.45) is 4.19. The molecule has 7 rings (SSSR count). The van der Waals surface area contributed by atoms with E-state index in [1.165, 1.54) is 11.0 Å². The first-order valence-electron chi connectivity index (χ1n) is 17.6. The molecule has 0 saturated carbocycles. The van der Waals surface area contributed by atoms with Crippen LogP contribution in [-0.4, -0.2) is 112 Å². The number of methoxy groups -OCH3 is 1. The highest BCUT2D eigenvalue weighted by Crippen LogP contribution is 2.41. The molecule has 2 saturated heterocycles. The summed E-state index contributed by atoms with van der Waals surface area (Å²) in [6.45, 7) is 9.87. The van der Waals surface area contributed by atoms with E-state index < -0.39 is 0 Å². The summed E-state index contributed by atoms with van der Waals surface area (Å²) in [5, 5.41) is 12.5. The summed E-state index contributed by atoms with van der Waals surface area (Å²) < 4.78 is 15.2. The van der Waals surface area contributed by atoms with Crippen LogP contribution in [0, 0.1) is 0 Å². The SMILES string of the molecule is CCOCCn1c(N2CCCN(CC[C@@]3(c4ccc(Cl)c(Cl)c4)CCN(C(=O)c4cc(-n5cnnn5)ccc4OC)C3)CC2)nc2ccccc21. The Bertz CT molecular complexity index is 1970. The molecule has 268 valence electrons. The highest BCUT2D eigenvalue weighted by atomic mass is 35.5. The predicted octanol–water partition coefficient (Wildman–Crippen LogP) is 5.75. The molecule has 12 nitrogen and oxygen atoms in total. The maximum Gasteiger partial charge on any atom is 0.257 e. The number of hydrogen-bond donors (Lipinski definition) is 0. The molecule has 2 aromatic heterocycles. The molecule has 0 unspecified atom stereocenters. The van der Waals surface area contributed by atoms with Crippen LogP contribution in [0.25, 0.3) is 16.7 Å². The van der Waals surface area contributed by atoms with Crippen LogP contribution in [0.1, 0.15) is 42.1 Å². The van der Waals surface area contributed by atoms with Crippen molar-refractivity contribution in [1.29, 1.82) is 0 Å². The number of aromatic nitrogens is 6. The third-order valence-electron chi connectivity index (χ3n) is 10.3. The van der Waals surface area contributed by atoms with E-state index in [0.29, 0.717) is 53.3 Å². The number of carbonyl (C=O) groups excluding carboxylic acids is 1. The average Bonchev–Trinajstić information content (AvgIpc) is 3.89. The number of anilines is 1. The topological polar surface area (TPSA) is 107 Å². The third kappa shape index (κ3) is 7.41. The Morgan fingerprint density at radius 2 is 1.84 bits per heavy atom. The maximum atomic E-state index is 14.2. The van der Waals surface area contributed by atoms with Crippen LogP contribution in [0.5, 0.6) is 5.75 Å². The summed E-state index contributed by atoms with van der Waals surface area (Å²) in [4.78, 5) is 26.2. The number of para-hydroxylation sites is 2. The van der Waals surface area contributed by atoms with Crippen LogP contribution in [-0.2, 0) is 16.7 Å². The van der Waals surface area contributed by atoms with Gasteiger partial charge in [-0.25, -0.2) is 9.67 Å². The summed E-state index contributed by atoms with van der Waals surface area (Å²) in [5.41, 5.74) is 4.09. The molecular formula is C37H43Cl2N9O3. The number of tetrazole rings is 1. The molecule has 5 aromatic rings. The Morgan fingerprint density at radius 3 is 2.65 bits per heavy atom. The molecule has 1 atom stereocenters. The van der Waals surface area contributed by atoms with Gasteiger partial charge in [-0.2, -0.15) is 0 Å². The number of likely N-dealkylation sites (tertiary alicyclic amines) is 1. The van der Waals surface area contributed by atoms with Gasteiger partial charge in [-0.3, -0.25) is 4.79 Å². The lowest BCUT2D eigenvalue weighted by Crippen LogP contribution is -2.39. The normalized spacial score (nSPS) is 18.4. The summed E-state index contributed by atoms with van der Waals surface area (Å²) in [5.74, 6) is 1.42. The lowest BCUT2D eigenvalue weighted by molar-refractivity contribution is 0.0777. The van der Waals surface area contributed by atoms with Gasteiger partial charge in [0.2, 0.25) is 5.95 Å². The van der Waals surface area contributed by atoms with Crippen LogP contribution in [0.2, 0.25) is 10.0 Å². The molecule has 1 amide bonds. The quantitative estimate of drug-likeness (QED) is 0.148. The van der Waals surface area contributed by atoms with E-state index in [1.807, 2.05) is 36.1 Å². The van der Waals surface area contributed by atoms with Gasteiger partial charge in [0.05, 0.1) is 46.0 Å². The van der Waals surface area contributed by atoms with Crippen molar-refractivity contribution in [2.75, 3.05) is 71.0 Å². The second kappa shape index (κ2) is 15.6. The monoisotopic (exact) mass is 731 g/mol. The van der Waals surface area contributed by atoms with Gasteiger partial charge in [0.25, 0.3) is 5.91 Å². The van der Waals surface area contributed by atoms with E-state index in [2.05, 4.69) is 54.2 Å². The average molecular weight is 733 g/mol. The van der Waals surface area contributed by atoms with Crippen molar-refractivity contribution in [3.8, 4) is 11.4 Å². The van der Waals surface area contributed by atoms with E-state index in [4.69, 9.17) is 37.7 Å². The van der Waals surface area contributed by atoms with Crippen molar-refractivity contribution in [2.24, 2.45) is 0 Å². The molecule has 0 bridgehead atoms.